The lowest BCUT2D eigenvalue weighted by Gasteiger charge is -2.15. The molecule has 256 valence electrons. The molecule has 0 heterocycles. The molecular formula is C48H34O5. The summed E-state index contributed by atoms with van der Waals surface area (Å²) in [4.78, 5) is 0. The molecule has 0 amide bonds. The summed E-state index contributed by atoms with van der Waals surface area (Å²) in [6.45, 7) is 0. The standard InChI is InChI=1S/C48H34O5/c1-3-19-39(20-4-1)49-43-25-14-26-44(34-43)50-41-23-12-17-37(32-41)35-15-11-16-36(31-35)38-18-13-24-42(33-38)52-46-28-8-10-30-48(46)53-47-29-9-7-27-45(47)51-40-21-5-2-6-22-40/h1-34H. The summed E-state index contributed by atoms with van der Waals surface area (Å²) in [6, 6.07) is 66.8. The van der Waals surface area contributed by atoms with Crippen molar-refractivity contribution in [2.45, 2.75) is 0 Å². The first kappa shape index (κ1) is 32.9. The molecule has 0 aliphatic heterocycles. The van der Waals surface area contributed by atoms with E-state index in [1.54, 1.807) is 0 Å². The molecule has 0 fully saturated rings. The van der Waals surface area contributed by atoms with E-state index in [0.29, 0.717) is 40.2 Å². The zero-order chi connectivity index (χ0) is 35.7. The molecule has 0 unspecified atom stereocenters. The monoisotopic (exact) mass is 690 g/mol. The van der Waals surface area contributed by atoms with Crippen LogP contribution in [0.3, 0.4) is 0 Å². The number of para-hydroxylation sites is 6. The molecule has 0 aliphatic carbocycles. The van der Waals surface area contributed by atoms with Gasteiger partial charge in [-0.05, 0) is 113 Å². The molecular weight excluding hydrogens is 657 g/mol. The minimum Gasteiger partial charge on any atom is -0.457 e. The third-order valence-electron chi connectivity index (χ3n) is 8.33. The Morgan fingerprint density at radius 2 is 0.491 bits per heavy atom. The average molecular weight is 691 g/mol. The van der Waals surface area contributed by atoms with Crippen LogP contribution in [-0.2, 0) is 0 Å². The molecule has 0 aromatic heterocycles. The molecule has 0 spiro atoms. The Kier molecular flexibility index (Phi) is 9.79. The minimum atomic E-state index is 0.571. The molecule has 0 saturated carbocycles. The quantitative estimate of drug-likeness (QED) is 0.128. The number of benzene rings is 8. The fourth-order valence-corrected chi connectivity index (χ4v) is 5.82. The van der Waals surface area contributed by atoms with Crippen molar-refractivity contribution >= 4 is 0 Å². The summed E-state index contributed by atoms with van der Waals surface area (Å²) in [5, 5.41) is 0. The van der Waals surface area contributed by atoms with Crippen molar-refractivity contribution in [1.29, 1.82) is 0 Å². The Labute approximate surface area is 308 Å². The van der Waals surface area contributed by atoms with Gasteiger partial charge in [0.15, 0.2) is 23.0 Å². The second-order valence-corrected chi connectivity index (χ2v) is 12.1. The zero-order valence-corrected chi connectivity index (χ0v) is 28.7. The predicted octanol–water partition coefficient (Wildman–Crippen LogP) is 14.0. The Hall–Kier alpha value is -7.24. The van der Waals surface area contributed by atoms with Gasteiger partial charge in [0.2, 0.25) is 0 Å². The highest BCUT2D eigenvalue weighted by atomic mass is 16.5. The Balaban J connectivity index is 0.984. The van der Waals surface area contributed by atoms with Crippen LogP contribution in [0, 0.1) is 0 Å². The van der Waals surface area contributed by atoms with Crippen LogP contribution in [-0.4, -0.2) is 0 Å². The molecule has 8 aromatic rings. The SMILES string of the molecule is c1ccc(Oc2cccc(Oc3cccc(-c4cccc(-c5cccc(Oc6ccccc6Oc6ccccc6Oc6ccccc6)c5)c4)c3)c2)cc1. The van der Waals surface area contributed by atoms with Gasteiger partial charge in [0, 0.05) is 6.07 Å². The average Bonchev–Trinajstić information content (AvgIpc) is 3.21. The van der Waals surface area contributed by atoms with E-state index in [1.165, 1.54) is 0 Å². The smallest absolute Gasteiger partial charge is 0.170 e. The van der Waals surface area contributed by atoms with Crippen LogP contribution in [0.1, 0.15) is 0 Å². The van der Waals surface area contributed by atoms with E-state index in [2.05, 4.69) is 36.4 Å². The van der Waals surface area contributed by atoms with Crippen molar-refractivity contribution in [3.05, 3.63) is 206 Å². The molecule has 0 aliphatic rings. The molecule has 5 heteroatoms. The van der Waals surface area contributed by atoms with E-state index in [4.69, 9.17) is 23.7 Å². The summed E-state index contributed by atoms with van der Waals surface area (Å²) in [7, 11) is 0. The maximum absolute atomic E-state index is 6.44. The van der Waals surface area contributed by atoms with E-state index >= 15 is 0 Å². The number of hydrogen-bond donors (Lipinski definition) is 0. The summed E-state index contributed by atoms with van der Waals surface area (Å²) >= 11 is 0. The largest absolute Gasteiger partial charge is 0.457 e. The van der Waals surface area contributed by atoms with E-state index in [9.17, 15) is 0 Å². The second-order valence-electron chi connectivity index (χ2n) is 12.1. The van der Waals surface area contributed by atoms with Gasteiger partial charge in [-0.15, -0.1) is 0 Å². The predicted molar refractivity (Wildman–Crippen MR) is 210 cm³/mol. The molecule has 8 aromatic carbocycles. The molecule has 0 atom stereocenters. The first-order chi connectivity index (χ1) is 26.2. The number of ether oxygens (including phenoxy) is 5. The van der Waals surface area contributed by atoms with E-state index in [0.717, 1.165) is 39.5 Å². The second kappa shape index (κ2) is 15.8. The fraction of sp³-hybridized carbons (Fsp3) is 0. The third kappa shape index (κ3) is 8.39. The summed E-state index contributed by atoms with van der Waals surface area (Å²) in [6.07, 6.45) is 0. The summed E-state index contributed by atoms with van der Waals surface area (Å²) in [5.41, 5.74) is 4.18. The minimum absolute atomic E-state index is 0.571. The van der Waals surface area contributed by atoms with Crippen LogP contribution in [0.15, 0.2) is 206 Å². The maximum atomic E-state index is 6.44. The van der Waals surface area contributed by atoms with Crippen molar-refractivity contribution in [2.24, 2.45) is 0 Å². The van der Waals surface area contributed by atoms with Crippen LogP contribution in [0.4, 0.5) is 0 Å². The lowest BCUT2D eigenvalue weighted by atomic mass is 9.99. The summed E-state index contributed by atoms with van der Waals surface area (Å²) in [5.74, 6) is 6.66. The lowest BCUT2D eigenvalue weighted by molar-refractivity contribution is 0.394. The van der Waals surface area contributed by atoms with Gasteiger partial charge in [0.25, 0.3) is 0 Å². The topological polar surface area (TPSA) is 46.2 Å². The zero-order valence-electron chi connectivity index (χ0n) is 28.7. The van der Waals surface area contributed by atoms with Crippen LogP contribution < -0.4 is 23.7 Å². The van der Waals surface area contributed by atoms with Crippen molar-refractivity contribution in [3.63, 3.8) is 0 Å². The van der Waals surface area contributed by atoms with Gasteiger partial charge in [-0.2, -0.15) is 0 Å². The normalized spacial score (nSPS) is 10.6. The van der Waals surface area contributed by atoms with Gasteiger partial charge in [0.05, 0.1) is 0 Å². The number of rotatable bonds is 12. The lowest BCUT2D eigenvalue weighted by Crippen LogP contribution is -1.93. The molecule has 8 rings (SSSR count). The molecule has 5 nitrogen and oxygen atoms in total. The molecule has 0 bridgehead atoms. The summed E-state index contributed by atoms with van der Waals surface area (Å²) < 4.78 is 31.2. The Morgan fingerprint density at radius 1 is 0.189 bits per heavy atom. The van der Waals surface area contributed by atoms with Gasteiger partial charge in [-0.3, -0.25) is 0 Å². The Morgan fingerprint density at radius 3 is 1.00 bits per heavy atom. The first-order valence-electron chi connectivity index (χ1n) is 17.3. The van der Waals surface area contributed by atoms with Gasteiger partial charge >= 0.3 is 0 Å². The van der Waals surface area contributed by atoms with Gasteiger partial charge in [0.1, 0.15) is 34.5 Å². The van der Waals surface area contributed by atoms with Crippen LogP contribution in [0.2, 0.25) is 0 Å². The van der Waals surface area contributed by atoms with Crippen molar-refractivity contribution in [2.75, 3.05) is 0 Å². The first-order valence-corrected chi connectivity index (χ1v) is 17.3. The van der Waals surface area contributed by atoms with E-state index in [1.807, 2.05) is 170 Å². The van der Waals surface area contributed by atoms with Gasteiger partial charge < -0.3 is 23.7 Å². The maximum Gasteiger partial charge on any atom is 0.170 e. The molecule has 53 heavy (non-hydrogen) atoms. The van der Waals surface area contributed by atoms with Gasteiger partial charge in [-0.25, -0.2) is 0 Å². The van der Waals surface area contributed by atoms with Gasteiger partial charge in [-0.1, -0.05) is 109 Å². The molecule has 0 radical (unpaired) electrons. The van der Waals surface area contributed by atoms with E-state index in [-0.39, 0.29) is 0 Å². The van der Waals surface area contributed by atoms with E-state index < -0.39 is 0 Å². The van der Waals surface area contributed by atoms with Crippen LogP contribution >= 0.6 is 0 Å². The van der Waals surface area contributed by atoms with Crippen LogP contribution in [0.25, 0.3) is 22.3 Å². The third-order valence-corrected chi connectivity index (χ3v) is 8.33. The Bertz CT molecular complexity index is 2440. The van der Waals surface area contributed by atoms with Crippen molar-refractivity contribution < 1.29 is 23.7 Å². The highest BCUT2D eigenvalue weighted by Crippen LogP contribution is 2.40. The van der Waals surface area contributed by atoms with Crippen LogP contribution in [0.5, 0.6) is 57.5 Å². The highest BCUT2D eigenvalue weighted by molar-refractivity contribution is 5.74. The highest BCUT2D eigenvalue weighted by Gasteiger charge is 2.13. The van der Waals surface area contributed by atoms with Crippen molar-refractivity contribution in [3.8, 4) is 79.7 Å². The number of hydrogen-bond acceptors (Lipinski definition) is 5. The molecule has 0 saturated heterocycles. The van der Waals surface area contributed by atoms with Crippen molar-refractivity contribution in [1.82, 2.24) is 0 Å². The molecule has 0 N–H and O–H groups in total. The fourth-order valence-electron chi connectivity index (χ4n) is 5.82.